The fourth-order valence-electron chi connectivity index (χ4n) is 1.09. The number of H-pyrrole nitrogens is 1. The molecule has 0 aliphatic heterocycles. The number of halogens is 1. The maximum atomic E-state index is 7.48. The monoisotopic (exact) mass is 198 g/mol. The molecule has 0 radical (unpaired) electrons. The SMILES string of the molecule is [2H]n1ccc2c(OCC)nc(Cl)nc21. The van der Waals surface area contributed by atoms with E-state index in [1.165, 1.54) is 0 Å². The van der Waals surface area contributed by atoms with Crippen LogP contribution in [0.15, 0.2) is 12.3 Å². The normalized spacial score (nSPS) is 11.7. The van der Waals surface area contributed by atoms with E-state index in [1.54, 1.807) is 12.3 Å². The van der Waals surface area contributed by atoms with E-state index in [2.05, 4.69) is 9.97 Å². The molecule has 0 amide bonds. The highest BCUT2D eigenvalue weighted by Crippen LogP contribution is 2.22. The van der Waals surface area contributed by atoms with E-state index in [-0.39, 0.29) is 5.28 Å². The number of hydrogen-bond donors (Lipinski definition) is 1. The van der Waals surface area contributed by atoms with Gasteiger partial charge in [-0.25, -0.2) is 0 Å². The van der Waals surface area contributed by atoms with Crippen LogP contribution >= 0.6 is 11.6 Å². The number of aromatic amines is 1. The van der Waals surface area contributed by atoms with Crippen LogP contribution < -0.4 is 4.74 Å². The van der Waals surface area contributed by atoms with E-state index >= 15 is 0 Å². The third kappa shape index (κ3) is 1.45. The van der Waals surface area contributed by atoms with Crippen LogP contribution in [-0.4, -0.2) is 21.6 Å². The standard InChI is InChI=1S/C8H8ClN3O/c1-2-13-7-5-3-4-10-6(5)11-8(9)12-7/h3-4H,2H2,1H3,(H,10,11,12)/i/hD. The molecule has 0 unspecified atom stereocenters. The van der Waals surface area contributed by atoms with E-state index in [4.69, 9.17) is 17.7 Å². The van der Waals surface area contributed by atoms with Gasteiger partial charge in [-0.05, 0) is 24.6 Å². The molecule has 0 fully saturated rings. The highest BCUT2D eigenvalue weighted by Gasteiger charge is 2.07. The van der Waals surface area contributed by atoms with Crippen molar-refractivity contribution < 1.29 is 6.15 Å². The molecule has 2 aromatic heterocycles. The molecule has 13 heavy (non-hydrogen) atoms. The van der Waals surface area contributed by atoms with Gasteiger partial charge >= 0.3 is 0 Å². The van der Waals surface area contributed by atoms with E-state index in [0.29, 0.717) is 23.5 Å². The first-order valence-electron chi connectivity index (χ1n) is 4.33. The summed E-state index contributed by atoms with van der Waals surface area (Å²) in [4.78, 5) is 9.00. The lowest BCUT2D eigenvalue weighted by molar-refractivity contribution is 0.331. The van der Waals surface area contributed by atoms with Crippen molar-refractivity contribution >= 4 is 22.6 Å². The number of aromatic nitrogens is 3. The van der Waals surface area contributed by atoms with Crippen molar-refractivity contribution in [3.05, 3.63) is 17.5 Å². The molecule has 0 aliphatic carbocycles. The van der Waals surface area contributed by atoms with Gasteiger partial charge < -0.3 is 9.71 Å². The van der Waals surface area contributed by atoms with Gasteiger partial charge in [0.15, 0.2) is 1.41 Å². The lowest BCUT2D eigenvalue weighted by Crippen LogP contribution is -1.96. The first-order chi connectivity index (χ1) is 6.72. The second-order valence-corrected chi connectivity index (χ2v) is 2.75. The zero-order valence-electron chi connectivity index (χ0n) is 7.99. The van der Waals surface area contributed by atoms with Crippen molar-refractivity contribution in [1.29, 1.82) is 0 Å². The molecular formula is C8H8ClN3O. The number of nitrogens with one attached hydrogen (secondary N) is 1. The van der Waals surface area contributed by atoms with Gasteiger partial charge in [-0.3, -0.25) is 0 Å². The summed E-state index contributed by atoms with van der Waals surface area (Å²) in [6.07, 6.45) is 1.57. The third-order valence-electron chi connectivity index (χ3n) is 1.58. The Balaban J connectivity index is 2.68. The summed E-state index contributed by atoms with van der Waals surface area (Å²) in [6.45, 7) is 2.37. The lowest BCUT2D eigenvalue weighted by Gasteiger charge is -2.02. The Labute approximate surface area is 81.4 Å². The van der Waals surface area contributed by atoms with Crippen LogP contribution in [0.25, 0.3) is 11.0 Å². The van der Waals surface area contributed by atoms with Crippen LogP contribution in [0.1, 0.15) is 6.92 Å². The molecule has 2 rings (SSSR count). The molecule has 0 aliphatic rings. The van der Waals surface area contributed by atoms with Gasteiger partial charge in [0.25, 0.3) is 0 Å². The predicted molar refractivity (Wildman–Crippen MR) is 50.1 cm³/mol. The number of hydrogen-bond acceptors (Lipinski definition) is 3. The van der Waals surface area contributed by atoms with Crippen molar-refractivity contribution in [3.63, 3.8) is 0 Å². The number of nitrogens with zero attached hydrogens (tertiary/aromatic N) is 2. The van der Waals surface area contributed by atoms with Crippen LogP contribution in [0.5, 0.6) is 5.88 Å². The maximum absolute atomic E-state index is 7.48. The van der Waals surface area contributed by atoms with Crippen LogP contribution in [0.2, 0.25) is 6.70 Å². The summed E-state index contributed by atoms with van der Waals surface area (Å²) < 4.78 is 12.8. The second kappa shape index (κ2) is 3.22. The second-order valence-electron chi connectivity index (χ2n) is 2.41. The summed E-state index contributed by atoms with van der Waals surface area (Å²) in [6, 6.07) is 1.73. The summed E-state index contributed by atoms with van der Waals surface area (Å²) in [5, 5.41) is 0.791. The smallest absolute Gasteiger partial charge is 0.227 e. The van der Waals surface area contributed by atoms with Crippen LogP contribution in [0.3, 0.4) is 0 Å². The van der Waals surface area contributed by atoms with Gasteiger partial charge in [0, 0.05) is 6.20 Å². The van der Waals surface area contributed by atoms with Gasteiger partial charge in [-0.1, -0.05) is 0 Å². The Bertz CT molecular complexity index is 471. The van der Waals surface area contributed by atoms with Crippen LogP contribution in [0, 0.1) is 0 Å². The Morgan fingerprint density at radius 1 is 1.69 bits per heavy atom. The Morgan fingerprint density at radius 2 is 2.54 bits per heavy atom. The molecular weight excluding hydrogens is 190 g/mol. The quantitative estimate of drug-likeness (QED) is 0.751. The lowest BCUT2D eigenvalue weighted by atomic mass is 10.4. The predicted octanol–water partition coefficient (Wildman–Crippen LogP) is 2.01. The molecule has 0 atom stereocenters. The molecule has 5 heteroatoms. The zero-order valence-corrected chi connectivity index (χ0v) is 7.75. The number of ether oxygens (including phenoxy) is 1. The first-order valence-corrected chi connectivity index (χ1v) is 4.27. The van der Waals surface area contributed by atoms with Crippen LogP contribution in [-0.2, 0) is 0 Å². The van der Waals surface area contributed by atoms with E-state index in [9.17, 15) is 0 Å². The van der Waals surface area contributed by atoms with Gasteiger partial charge in [0.2, 0.25) is 11.2 Å². The molecule has 2 aromatic rings. The maximum Gasteiger partial charge on any atom is 0.227 e. The van der Waals surface area contributed by atoms with Crippen molar-refractivity contribution in [2.45, 2.75) is 6.92 Å². The molecule has 68 valence electrons. The largest absolute Gasteiger partial charge is 0.477 e. The Kier molecular flexibility index (Phi) is 1.77. The van der Waals surface area contributed by atoms with Gasteiger partial charge in [0.05, 0.1) is 12.0 Å². The summed E-state index contributed by atoms with van der Waals surface area (Å²) >= 11 is 5.69. The highest BCUT2D eigenvalue weighted by atomic mass is 35.5. The molecule has 0 bridgehead atoms. The average molecular weight is 199 g/mol. The number of fused-ring (bicyclic) bond motifs is 1. The topological polar surface area (TPSA) is 50.8 Å². The minimum atomic E-state index is 0.0909. The highest BCUT2D eigenvalue weighted by molar-refractivity contribution is 6.28. The van der Waals surface area contributed by atoms with E-state index in [1.807, 2.05) is 6.92 Å². The van der Waals surface area contributed by atoms with Crippen molar-refractivity contribution in [3.8, 4) is 5.88 Å². The molecule has 0 spiro atoms. The fourth-order valence-corrected chi connectivity index (χ4v) is 1.24. The van der Waals surface area contributed by atoms with Gasteiger partial charge in [0.1, 0.15) is 5.65 Å². The molecule has 0 saturated heterocycles. The van der Waals surface area contributed by atoms with Crippen molar-refractivity contribution in [2.75, 3.05) is 6.61 Å². The Hall–Kier alpha value is -1.29. The average Bonchev–Trinajstić information content (AvgIpc) is 2.49. The molecule has 2 heterocycles. The zero-order chi connectivity index (χ0) is 10.1. The summed E-state index contributed by atoms with van der Waals surface area (Å²) in [7, 11) is 0. The van der Waals surface area contributed by atoms with Gasteiger partial charge in [-0.2, -0.15) is 9.97 Å². The van der Waals surface area contributed by atoms with Crippen molar-refractivity contribution in [1.82, 2.24) is 14.9 Å². The van der Waals surface area contributed by atoms with E-state index < -0.39 is 0 Å². The third-order valence-corrected chi connectivity index (χ3v) is 1.75. The molecule has 0 aromatic carbocycles. The summed E-state index contributed by atoms with van der Waals surface area (Å²) in [5.41, 5.74) is 0.452. The fraction of sp³-hybridized carbons (Fsp3) is 0.250. The molecule has 0 saturated carbocycles. The molecule has 4 nitrogen and oxygen atoms in total. The van der Waals surface area contributed by atoms with Gasteiger partial charge in [-0.15, -0.1) is 0 Å². The minimum Gasteiger partial charge on any atom is -0.477 e. The number of rotatable bonds is 2. The van der Waals surface area contributed by atoms with Crippen LogP contribution in [0.4, 0.5) is 0 Å². The first kappa shape index (κ1) is 7.15. The molecule has 1 N–H and O–H groups in total. The Morgan fingerprint density at radius 3 is 3.31 bits per heavy atom. The van der Waals surface area contributed by atoms with E-state index in [0.717, 1.165) is 4.98 Å². The summed E-state index contributed by atoms with van der Waals surface area (Å²) in [5.74, 6) is 0.425. The van der Waals surface area contributed by atoms with Crippen molar-refractivity contribution in [2.24, 2.45) is 0 Å². The minimum absolute atomic E-state index is 0.0909.